The predicted molar refractivity (Wildman–Crippen MR) is 71.2 cm³/mol. The molecule has 1 aliphatic rings. The first-order chi connectivity index (χ1) is 9.46. The summed E-state index contributed by atoms with van der Waals surface area (Å²) in [6.07, 6.45) is 2.15. The van der Waals surface area contributed by atoms with E-state index in [0.29, 0.717) is 13.0 Å². The second-order valence-electron chi connectivity index (χ2n) is 4.71. The highest BCUT2D eigenvalue weighted by Crippen LogP contribution is 2.14. The van der Waals surface area contributed by atoms with E-state index in [9.17, 15) is 17.6 Å². The van der Waals surface area contributed by atoms with Crippen molar-refractivity contribution in [2.45, 2.75) is 25.4 Å². The van der Waals surface area contributed by atoms with Gasteiger partial charge in [-0.25, -0.2) is 17.5 Å². The Morgan fingerprint density at radius 2 is 2.00 bits per heavy atom. The molecule has 1 aromatic rings. The Labute approximate surface area is 117 Å². The lowest BCUT2D eigenvalue weighted by atomic mass is 10.1. The SMILES string of the molecule is O=C(NS(=O)(=O)C[C@H]1CCCCO1)c1ccc(F)cc1. The van der Waals surface area contributed by atoms with E-state index < -0.39 is 21.7 Å². The van der Waals surface area contributed by atoms with E-state index in [-0.39, 0.29) is 17.4 Å². The number of carbonyl (C=O) groups is 1. The molecule has 1 N–H and O–H groups in total. The van der Waals surface area contributed by atoms with Crippen LogP contribution in [0.15, 0.2) is 24.3 Å². The largest absolute Gasteiger partial charge is 0.377 e. The molecule has 1 saturated heterocycles. The fraction of sp³-hybridized carbons (Fsp3) is 0.462. The Bertz CT molecular complexity index is 565. The van der Waals surface area contributed by atoms with E-state index in [4.69, 9.17) is 4.74 Å². The topological polar surface area (TPSA) is 72.5 Å². The minimum absolute atomic E-state index is 0.0968. The molecule has 7 heteroatoms. The van der Waals surface area contributed by atoms with Gasteiger partial charge in [0, 0.05) is 12.2 Å². The molecule has 5 nitrogen and oxygen atoms in total. The lowest BCUT2D eigenvalue weighted by Crippen LogP contribution is -2.38. The summed E-state index contributed by atoms with van der Waals surface area (Å²) >= 11 is 0. The molecule has 20 heavy (non-hydrogen) atoms. The molecule has 1 heterocycles. The molecule has 0 radical (unpaired) electrons. The van der Waals surface area contributed by atoms with E-state index in [2.05, 4.69) is 0 Å². The monoisotopic (exact) mass is 301 g/mol. The molecule has 0 aliphatic carbocycles. The second-order valence-corrected chi connectivity index (χ2v) is 6.48. The summed E-state index contributed by atoms with van der Waals surface area (Å²) in [7, 11) is -3.76. The maximum absolute atomic E-state index is 12.7. The number of nitrogens with one attached hydrogen (secondary N) is 1. The van der Waals surface area contributed by atoms with Crippen LogP contribution < -0.4 is 4.72 Å². The Hall–Kier alpha value is -1.47. The van der Waals surface area contributed by atoms with Gasteiger partial charge < -0.3 is 4.74 Å². The molecule has 1 aromatic carbocycles. The van der Waals surface area contributed by atoms with E-state index in [1.165, 1.54) is 12.1 Å². The maximum Gasteiger partial charge on any atom is 0.264 e. The average Bonchev–Trinajstić information content (AvgIpc) is 2.39. The standard InChI is InChI=1S/C13H16FNO4S/c14-11-6-4-10(5-7-11)13(16)15-20(17,18)9-12-3-1-2-8-19-12/h4-7,12H,1-3,8-9H2,(H,15,16)/t12-/m1/s1. The van der Waals surface area contributed by atoms with Crippen LogP contribution in [0.5, 0.6) is 0 Å². The van der Waals surface area contributed by atoms with Crippen molar-refractivity contribution >= 4 is 15.9 Å². The summed E-state index contributed by atoms with van der Waals surface area (Å²) in [5.41, 5.74) is 0.0968. The molecule has 1 atom stereocenters. The first-order valence-electron chi connectivity index (χ1n) is 6.38. The Morgan fingerprint density at radius 3 is 2.60 bits per heavy atom. The average molecular weight is 301 g/mol. The summed E-state index contributed by atoms with van der Waals surface area (Å²) in [5, 5.41) is 0. The third kappa shape index (κ3) is 4.28. The lowest BCUT2D eigenvalue weighted by Gasteiger charge is -2.22. The van der Waals surface area contributed by atoms with Crippen molar-refractivity contribution in [2.24, 2.45) is 0 Å². The van der Waals surface area contributed by atoms with Crippen molar-refractivity contribution in [2.75, 3.05) is 12.4 Å². The number of sulfonamides is 1. The van der Waals surface area contributed by atoms with Crippen molar-refractivity contribution in [1.82, 2.24) is 4.72 Å². The van der Waals surface area contributed by atoms with Gasteiger partial charge in [0.1, 0.15) is 5.82 Å². The van der Waals surface area contributed by atoms with Crippen LogP contribution in [0.3, 0.4) is 0 Å². The molecule has 0 bridgehead atoms. The van der Waals surface area contributed by atoms with Crippen LogP contribution in [0, 0.1) is 5.82 Å². The number of amides is 1. The van der Waals surface area contributed by atoms with Crippen LogP contribution in [-0.4, -0.2) is 32.8 Å². The zero-order chi connectivity index (χ0) is 14.6. The summed E-state index contributed by atoms with van der Waals surface area (Å²) in [6, 6.07) is 4.67. The van der Waals surface area contributed by atoms with Crippen LogP contribution in [0.1, 0.15) is 29.6 Å². The van der Waals surface area contributed by atoms with Gasteiger partial charge in [-0.05, 0) is 43.5 Å². The molecular formula is C13H16FNO4S. The van der Waals surface area contributed by atoms with Gasteiger partial charge in [-0.2, -0.15) is 0 Å². The van der Waals surface area contributed by atoms with Crippen LogP contribution in [0.2, 0.25) is 0 Å². The fourth-order valence-corrected chi connectivity index (χ4v) is 3.26. The highest BCUT2D eigenvalue weighted by molar-refractivity contribution is 7.90. The number of carbonyl (C=O) groups excluding carboxylic acids is 1. The van der Waals surface area contributed by atoms with E-state index in [0.717, 1.165) is 25.0 Å². The lowest BCUT2D eigenvalue weighted by molar-refractivity contribution is 0.0304. The summed E-state index contributed by atoms with van der Waals surface area (Å²) in [6.45, 7) is 0.548. The van der Waals surface area contributed by atoms with Gasteiger partial charge in [0.05, 0.1) is 11.9 Å². The van der Waals surface area contributed by atoms with Crippen LogP contribution >= 0.6 is 0 Å². The molecule has 0 unspecified atom stereocenters. The number of hydrogen-bond acceptors (Lipinski definition) is 4. The zero-order valence-corrected chi connectivity index (χ0v) is 11.7. The molecular weight excluding hydrogens is 285 g/mol. The molecule has 1 amide bonds. The summed E-state index contributed by atoms with van der Waals surface area (Å²) in [5.74, 6) is -1.49. The molecule has 1 fully saturated rings. The van der Waals surface area contributed by atoms with Gasteiger partial charge in [0.15, 0.2) is 0 Å². The minimum atomic E-state index is -3.76. The van der Waals surface area contributed by atoms with Gasteiger partial charge in [-0.1, -0.05) is 0 Å². The summed E-state index contributed by atoms with van der Waals surface area (Å²) in [4.78, 5) is 11.8. The fourth-order valence-electron chi connectivity index (χ4n) is 2.03. The molecule has 0 spiro atoms. The number of ether oxygens (including phenoxy) is 1. The predicted octanol–water partition coefficient (Wildman–Crippen LogP) is 1.45. The van der Waals surface area contributed by atoms with E-state index in [1.54, 1.807) is 0 Å². The quantitative estimate of drug-likeness (QED) is 0.913. The van der Waals surface area contributed by atoms with Crippen molar-refractivity contribution in [1.29, 1.82) is 0 Å². The molecule has 0 aromatic heterocycles. The first kappa shape index (κ1) is 14.9. The zero-order valence-electron chi connectivity index (χ0n) is 10.8. The van der Waals surface area contributed by atoms with Gasteiger partial charge in [0.2, 0.25) is 10.0 Å². The van der Waals surface area contributed by atoms with E-state index in [1.807, 2.05) is 4.72 Å². The molecule has 1 aliphatic heterocycles. The van der Waals surface area contributed by atoms with Crippen LogP contribution in [0.4, 0.5) is 4.39 Å². The Morgan fingerprint density at radius 1 is 1.30 bits per heavy atom. The Kier molecular flexibility index (Phi) is 4.72. The van der Waals surface area contributed by atoms with Gasteiger partial charge in [-0.3, -0.25) is 4.79 Å². The number of hydrogen-bond donors (Lipinski definition) is 1. The van der Waals surface area contributed by atoms with Crippen molar-refractivity contribution in [3.8, 4) is 0 Å². The smallest absolute Gasteiger partial charge is 0.264 e. The number of benzene rings is 1. The number of rotatable bonds is 4. The van der Waals surface area contributed by atoms with E-state index >= 15 is 0 Å². The first-order valence-corrected chi connectivity index (χ1v) is 8.03. The summed E-state index contributed by atoms with van der Waals surface area (Å²) < 4.78 is 43.8. The van der Waals surface area contributed by atoms with Crippen LogP contribution in [0.25, 0.3) is 0 Å². The normalized spacial score (nSPS) is 19.6. The van der Waals surface area contributed by atoms with Crippen LogP contribution in [-0.2, 0) is 14.8 Å². The highest BCUT2D eigenvalue weighted by Gasteiger charge is 2.24. The molecule has 2 rings (SSSR count). The van der Waals surface area contributed by atoms with Gasteiger partial charge in [0.25, 0.3) is 5.91 Å². The van der Waals surface area contributed by atoms with Crippen molar-refractivity contribution in [3.05, 3.63) is 35.6 Å². The third-order valence-electron chi connectivity index (χ3n) is 3.03. The third-order valence-corrected chi connectivity index (χ3v) is 4.34. The Balaban J connectivity index is 1.96. The highest BCUT2D eigenvalue weighted by atomic mass is 32.2. The molecule has 0 saturated carbocycles. The minimum Gasteiger partial charge on any atom is -0.377 e. The maximum atomic E-state index is 12.7. The second kappa shape index (κ2) is 6.32. The van der Waals surface area contributed by atoms with Gasteiger partial charge >= 0.3 is 0 Å². The van der Waals surface area contributed by atoms with Gasteiger partial charge in [-0.15, -0.1) is 0 Å². The van der Waals surface area contributed by atoms with Crippen molar-refractivity contribution in [3.63, 3.8) is 0 Å². The van der Waals surface area contributed by atoms with Crippen molar-refractivity contribution < 1.29 is 22.3 Å². The molecule has 110 valence electrons. The number of halogens is 1.